The van der Waals surface area contributed by atoms with E-state index in [9.17, 15) is 22.8 Å². The molecule has 0 unspecified atom stereocenters. The number of carbonyl (C=O) groups is 2. The van der Waals surface area contributed by atoms with E-state index in [1.54, 1.807) is 36.3 Å². The van der Waals surface area contributed by atoms with Gasteiger partial charge in [0.25, 0.3) is 0 Å². The van der Waals surface area contributed by atoms with Gasteiger partial charge in [0.2, 0.25) is 5.91 Å². The molecule has 3 aromatic rings. The summed E-state index contributed by atoms with van der Waals surface area (Å²) >= 11 is 6.11. The molecule has 3 heterocycles. The van der Waals surface area contributed by atoms with Crippen LogP contribution in [0.2, 0.25) is 5.02 Å². The van der Waals surface area contributed by atoms with Crippen LogP contribution in [-0.4, -0.2) is 66.1 Å². The van der Waals surface area contributed by atoms with E-state index in [0.29, 0.717) is 49.7 Å². The molecule has 0 radical (unpaired) electrons. The maximum atomic E-state index is 13.7. The van der Waals surface area contributed by atoms with Gasteiger partial charge in [-0.05, 0) is 66.9 Å². The first-order chi connectivity index (χ1) is 20.0. The lowest BCUT2D eigenvalue weighted by Crippen LogP contribution is -2.45. The summed E-state index contributed by atoms with van der Waals surface area (Å²) in [7, 11) is 1.58. The Morgan fingerprint density at radius 3 is 2.26 bits per heavy atom. The Balaban J connectivity index is 1.27. The standard InChI is InChI=1S/C30H31ClF3N5O3/c1-37(29(41)42-24-9-4-21(5-10-24)30(32,33)34)26-18-39(17-25(26)19-2-6-22(31)7-3-19)28(40)20-12-14-38(15-13-20)27-11-8-23(35)16-36-27/h2-11,16,20,25-26H,12-15,17-18,35H2,1H3/t25-,26+/m0/s1. The van der Waals surface area contributed by atoms with Gasteiger partial charge in [-0.2, -0.15) is 13.2 Å². The van der Waals surface area contributed by atoms with E-state index in [1.807, 2.05) is 18.2 Å². The van der Waals surface area contributed by atoms with Gasteiger partial charge in [0.05, 0.1) is 23.5 Å². The smallest absolute Gasteiger partial charge is 0.410 e. The second-order valence-electron chi connectivity index (χ2n) is 10.7. The van der Waals surface area contributed by atoms with Gasteiger partial charge in [-0.1, -0.05) is 23.7 Å². The van der Waals surface area contributed by atoms with E-state index >= 15 is 0 Å². The molecule has 2 fully saturated rings. The zero-order valence-electron chi connectivity index (χ0n) is 22.9. The highest BCUT2D eigenvalue weighted by Gasteiger charge is 2.42. The van der Waals surface area contributed by atoms with Crippen LogP contribution in [0.4, 0.5) is 29.5 Å². The molecule has 2 N–H and O–H groups in total. The molecule has 0 saturated carbocycles. The van der Waals surface area contributed by atoms with Crippen molar-refractivity contribution in [1.29, 1.82) is 0 Å². The lowest BCUT2D eigenvalue weighted by molar-refractivity contribution is -0.137. The number of likely N-dealkylation sites (tertiary alicyclic amines) is 1. The predicted molar refractivity (Wildman–Crippen MR) is 153 cm³/mol. The molecule has 12 heteroatoms. The van der Waals surface area contributed by atoms with Crippen LogP contribution in [0.3, 0.4) is 0 Å². The van der Waals surface area contributed by atoms with Gasteiger partial charge in [0.15, 0.2) is 0 Å². The Morgan fingerprint density at radius 1 is 1.00 bits per heavy atom. The van der Waals surface area contributed by atoms with Gasteiger partial charge in [0, 0.05) is 50.1 Å². The number of rotatable bonds is 5. The van der Waals surface area contributed by atoms with Gasteiger partial charge in [-0.3, -0.25) is 4.79 Å². The van der Waals surface area contributed by atoms with Crippen LogP contribution in [0, 0.1) is 5.92 Å². The van der Waals surface area contributed by atoms with Crippen molar-refractivity contribution in [3.8, 4) is 5.75 Å². The summed E-state index contributed by atoms with van der Waals surface area (Å²) in [5.41, 5.74) is 6.42. The molecule has 0 spiro atoms. The summed E-state index contributed by atoms with van der Waals surface area (Å²) in [5.74, 6) is 0.480. The van der Waals surface area contributed by atoms with Crippen LogP contribution in [0.1, 0.15) is 29.9 Å². The van der Waals surface area contributed by atoms with Gasteiger partial charge in [0.1, 0.15) is 11.6 Å². The molecule has 2 aromatic carbocycles. The number of aromatic nitrogens is 1. The number of amides is 2. The zero-order chi connectivity index (χ0) is 30.0. The summed E-state index contributed by atoms with van der Waals surface area (Å²) in [6, 6.07) is 14.5. The normalized spacial score (nSPS) is 19.5. The molecule has 2 aliphatic heterocycles. The molecule has 222 valence electrons. The Labute approximate surface area is 246 Å². The Morgan fingerprint density at radius 2 is 1.67 bits per heavy atom. The van der Waals surface area contributed by atoms with E-state index < -0.39 is 23.9 Å². The third-order valence-electron chi connectivity index (χ3n) is 8.01. The molecule has 1 aromatic heterocycles. The number of nitrogens with zero attached hydrogens (tertiary/aromatic N) is 4. The topological polar surface area (TPSA) is 92.0 Å². The van der Waals surface area contributed by atoms with E-state index in [1.165, 1.54) is 4.90 Å². The highest BCUT2D eigenvalue weighted by atomic mass is 35.5. The third kappa shape index (κ3) is 6.56. The second kappa shape index (κ2) is 12.1. The Kier molecular flexibility index (Phi) is 8.49. The fourth-order valence-electron chi connectivity index (χ4n) is 5.62. The minimum atomic E-state index is -4.49. The number of halogens is 4. The molecular formula is C30H31ClF3N5O3. The molecule has 42 heavy (non-hydrogen) atoms. The number of pyridine rings is 1. The monoisotopic (exact) mass is 601 g/mol. The maximum Gasteiger partial charge on any atom is 0.416 e. The summed E-state index contributed by atoms with van der Waals surface area (Å²) in [6.45, 7) is 2.07. The van der Waals surface area contributed by atoms with Crippen molar-refractivity contribution in [1.82, 2.24) is 14.8 Å². The zero-order valence-corrected chi connectivity index (χ0v) is 23.7. The van der Waals surface area contributed by atoms with E-state index in [2.05, 4.69) is 9.88 Å². The van der Waals surface area contributed by atoms with Crippen molar-refractivity contribution >= 4 is 35.1 Å². The predicted octanol–water partition coefficient (Wildman–Crippen LogP) is 5.68. The summed E-state index contributed by atoms with van der Waals surface area (Å²) in [4.78, 5) is 36.5. The van der Waals surface area contributed by atoms with Crippen LogP contribution in [0.25, 0.3) is 0 Å². The van der Waals surface area contributed by atoms with Crippen molar-refractivity contribution in [3.63, 3.8) is 0 Å². The Hall–Kier alpha value is -3.99. The molecule has 2 atom stereocenters. The van der Waals surface area contributed by atoms with Crippen molar-refractivity contribution in [2.24, 2.45) is 5.92 Å². The molecule has 0 bridgehead atoms. The average Bonchev–Trinajstić information content (AvgIpc) is 3.42. The quantitative estimate of drug-likeness (QED) is 0.405. The number of hydrogen-bond acceptors (Lipinski definition) is 6. The number of nitrogen functional groups attached to an aromatic ring is 1. The van der Waals surface area contributed by atoms with Crippen LogP contribution in [0.15, 0.2) is 66.9 Å². The fourth-order valence-corrected chi connectivity index (χ4v) is 5.74. The molecular weight excluding hydrogens is 571 g/mol. The van der Waals surface area contributed by atoms with Gasteiger partial charge in [-0.15, -0.1) is 0 Å². The molecule has 2 amide bonds. The molecule has 8 nitrogen and oxygen atoms in total. The van der Waals surface area contributed by atoms with Crippen LogP contribution >= 0.6 is 11.6 Å². The van der Waals surface area contributed by atoms with E-state index in [-0.39, 0.29) is 23.5 Å². The third-order valence-corrected chi connectivity index (χ3v) is 8.26. The largest absolute Gasteiger partial charge is 0.416 e. The number of carbonyl (C=O) groups excluding carboxylic acids is 2. The number of nitrogens with two attached hydrogens (primary N) is 1. The summed E-state index contributed by atoms with van der Waals surface area (Å²) in [6.07, 6.45) is -2.26. The number of likely N-dealkylation sites (N-methyl/N-ethyl adjacent to an activating group) is 1. The number of alkyl halides is 3. The first-order valence-corrected chi connectivity index (χ1v) is 14.0. The second-order valence-corrected chi connectivity index (χ2v) is 11.1. The molecule has 2 saturated heterocycles. The van der Waals surface area contributed by atoms with Crippen molar-refractivity contribution < 1.29 is 27.5 Å². The van der Waals surface area contributed by atoms with Crippen molar-refractivity contribution in [2.75, 3.05) is 43.9 Å². The fraction of sp³-hybridized carbons (Fsp3) is 0.367. The minimum absolute atomic E-state index is 0.00354. The summed E-state index contributed by atoms with van der Waals surface area (Å²) in [5, 5.41) is 0.568. The van der Waals surface area contributed by atoms with E-state index in [0.717, 1.165) is 35.6 Å². The maximum absolute atomic E-state index is 13.7. The highest BCUT2D eigenvalue weighted by Crippen LogP contribution is 2.35. The lowest BCUT2D eigenvalue weighted by Gasteiger charge is -2.34. The van der Waals surface area contributed by atoms with Crippen LogP contribution in [-0.2, 0) is 11.0 Å². The molecule has 5 rings (SSSR count). The van der Waals surface area contributed by atoms with Crippen molar-refractivity contribution in [2.45, 2.75) is 31.0 Å². The van der Waals surface area contributed by atoms with Crippen LogP contribution in [0.5, 0.6) is 5.75 Å². The van der Waals surface area contributed by atoms with Crippen molar-refractivity contribution in [3.05, 3.63) is 83.0 Å². The highest BCUT2D eigenvalue weighted by molar-refractivity contribution is 6.30. The Bertz CT molecular complexity index is 1400. The van der Waals surface area contributed by atoms with Gasteiger partial charge < -0.3 is 25.2 Å². The number of anilines is 2. The number of hydrogen-bond donors (Lipinski definition) is 1. The first kappa shape index (κ1) is 29.5. The van der Waals surface area contributed by atoms with E-state index in [4.69, 9.17) is 22.1 Å². The lowest BCUT2D eigenvalue weighted by atomic mass is 9.93. The first-order valence-electron chi connectivity index (χ1n) is 13.6. The number of benzene rings is 2. The molecule has 0 aliphatic carbocycles. The molecule has 2 aliphatic rings. The van der Waals surface area contributed by atoms with Crippen LogP contribution < -0.4 is 15.4 Å². The average molecular weight is 602 g/mol. The number of ether oxygens (including phenoxy) is 1. The van der Waals surface area contributed by atoms with Gasteiger partial charge in [-0.25, -0.2) is 9.78 Å². The number of piperidine rings is 1. The SMILES string of the molecule is CN(C(=O)Oc1ccc(C(F)(F)F)cc1)[C@@H]1CN(C(=O)C2CCN(c3ccc(N)cn3)CC2)C[C@H]1c1ccc(Cl)cc1. The minimum Gasteiger partial charge on any atom is -0.410 e. The van der Waals surface area contributed by atoms with Gasteiger partial charge >= 0.3 is 12.3 Å². The summed E-state index contributed by atoms with van der Waals surface area (Å²) < 4.78 is 44.2.